The summed E-state index contributed by atoms with van der Waals surface area (Å²) in [7, 11) is 0. The fraction of sp³-hybridized carbons (Fsp3) is 0.250. The maximum Gasteiger partial charge on any atom is 0.446 e. The van der Waals surface area contributed by atoms with E-state index in [1.54, 1.807) is 0 Å². The Bertz CT molecular complexity index is 620. The number of aryl methyl sites for hydroxylation is 1. The van der Waals surface area contributed by atoms with E-state index in [-0.39, 0.29) is 16.7 Å². The van der Waals surface area contributed by atoms with Gasteiger partial charge in [-0.2, -0.15) is 13.2 Å². The number of aliphatic hydroxyl groups excluding tert-OH is 1. The zero-order chi connectivity index (χ0) is 15.6. The Kier molecular flexibility index (Phi) is 4.64. The first-order valence-electron chi connectivity index (χ1n) is 6.38. The summed E-state index contributed by atoms with van der Waals surface area (Å²) in [4.78, 5) is 0.111. The first kappa shape index (κ1) is 15.9. The van der Waals surface area contributed by atoms with Crippen molar-refractivity contribution in [1.29, 1.82) is 0 Å². The minimum absolute atomic E-state index is 0.111. The zero-order valence-electron chi connectivity index (χ0n) is 11.6. The molecule has 112 valence electrons. The number of rotatable bonds is 3. The van der Waals surface area contributed by atoms with Crippen LogP contribution in [0.15, 0.2) is 47.4 Å². The van der Waals surface area contributed by atoms with Gasteiger partial charge in [-0.05, 0) is 60.0 Å². The van der Waals surface area contributed by atoms with Crippen molar-refractivity contribution in [2.45, 2.75) is 30.4 Å². The standard InChI is InChI=1S/C16H15F3OS/c1-10-4-3-5-14(11(10)2)15(20)12-6-8-13(9-7-12)21-16(17,18)19/h3-9,15,20H,1-2H3. The molecule has 0 fully saturated rings. The molecule has 5 heteroatoms. The van der Waals surface area contributed by atoms with Crippen molar-refractivity contribution in [3.63, 3.8) is 0 Å². The SMILES string of the molecule is Cc1cccc(C(O)c2ccc(SC(F)(F)F)cc2)c1C. The molecule has 1 atom stereocenters. The molecular formula is C16H15F3OS. The Morgan fingerprint density at radius 1 is 1.00 bits per heavy atom. The number of aliphatic hydroxyl groups is 1. The van der Waals surface area contributed by atoms with Crippen LogP contribution in [-0.2, 0) is 0 Å². The summed E-state index contributed by atoms with van der Waals surface area (Å²) in [6, 6.07) is 11.4. The van der Waals surface area contributed by atoms with E-state index in [0.717, 1.165) is 16.7 Å². The van der Waals surface area contributed by atoms with Crippen molar-refractivity contribution in [2.75, 3.05) is 0 Å². The summed E-state index contributed by atoms with van der Waals surface area (Å²) in [5.41, 5.74) is -0.899. The lowest BCUT2D eigenvalue weighted by atomic mass is 9.95. The molecule has 0 saturated heterocycles. The van der Waals surface area contributed by atoms with Crippen LogP contribution in [0.25, 0.3) is 0 Å². The number of benzene rings is 2. The summed E-state index contributed by atoms with van der Waals surface area (Å²) in [5, 5.41) is 10.4. The quantitative estimate of drug-likeness (QED) is 0.805. The molecule has 21 heavy (non-hydrogen) atoms. The fourth-order valence-corrected chi connectivity index (χ4v) is 2.64. The van der Waals surface area contributed by atoms with Gasteiger partial charge in [-0.15, -0.1) is 0 Å². The number of halogens is 3. The van der Waals surface area contributed by atoms with Gasteiger partial charge in [-0.25, -0.2) is 0 Å². The Hall–Kier alpha value is -1.46. The van der Waals surface area contributed by atoms with Crippen LogP contribution in [0, 0.1) is 13.8 Å². The second-order valence-corrected chi connectivity index (χ2v) is 5.95. The molecule has 1 unspecified atom stereocenters. The van der Waals surface area contributed by atoms with Gasteiger partial charge in [0.15, 0.2) is 0 Å². The van der Waals surface area contributed by atoms with Gasteiger partial charge in [0.05, 0.1) is 0 Å². The summed E-state index contributed by atoms with van der Waals surface area (Å²) in [6.07, 6.45) is -0.838. The van der Waals surface area contributed by atoms with Crippen LogP contribution in [0.2, 0.25) is 0 Å². The molecule has 0 heterocycles. The van der Waals surface area contributed by atoms with E-state index in [2.05, 4.69) is 0 Å². The molecule has 0 aliphatic carbocycles. The summed E-state index contributed by atoms with van der Waals surface area (Å²) in [5.74, 6) is 0. The van der Waals surface area contributed by atoms with Crippen LogP contribution < -0.4 is 0 Å². The molecule has 1 nitrogen and oxygen atoms in total. The van der Waals surface area contributed by atoms with Crippen molar-refractivity contribution in [3.8, 4) is 0 Å². The van der Waals surface area contributed by atoms with Gasteiger partial charge in [0.1, 0.15) is 6.10 Å². The molecule has 0 amide bonds. The Labute approximate surface area is 125 Å². The predicted octanol–water partition coefficient (Wildman–Crippen LogP) is 5.00. The number of hydrogen-bond acceptors (Lipinski definition) is 2. The number of hydrogen-bond donors (Lipinski definition) is 1. The van der Waals surface area contributed by atoms with Crippen molar-refractivity contribution < 1.29 is 18.3 Å². The highest BCUT2D eigenvalue weighted by molar-refractivity contribution is 8.00. The maximum atomic E-state index is 12.3. The number of thioether (sulfide) groups is 1. The van der Waals surface area contributed by atoms with Crippen LogP contribution >= 0.6 is 11.8 Å². The monoisotopic (exact) mass is 312 g/mol. The normalized spacial score (nSPS) is 13.2. The lowest BCUT2D eigenvalue weighted by molar-refractivity contribution is -0.0328. The van der Waals surface area contributed by atoms with Gasteiger partial charge in [0, 0.05) is 4.90 Å². The van der Waals surface area contributed by atoms with Crippen molar-refractivity contribution >= 4 is 11.8 Å². The van der Waals surface area contributed by atoms with E-state index in [0.29, 0.717) is 5.56 Å². The largest absolute Gasteiger partial charge is 0.446 e. The van der Waals surface area contributed by atoms with Crippen molar-refractivity contribution in [3.05, 3.63) is 64.7 Å². The Morgan fingerprint density at radius 3 is 2.19 bits per heavy atom. The second-order valence-electron chi connectivity index (χ2n) is 4.81. The highest BCUT2D eigenvalue weighted by Gasteiger charge is 2.29. The molecule has 0 aromatic heterocycles. The smallest absolute Gasteiger partial charge is 0.384 e. The summed E-state index contributed by atoms with van der Waals surface area (Å²) >= 11 is -0.159. The van der Waals surface area contributed by atoms with Crippen LogP contribution in [0.5, 0.6) is 0 Å². The number of alkyl halides is 3. The van der Waals surface area contributed by atoms with E-state index in [9.17, 15) is 18.3 Å². The van der Waals surface area contributed by atoms with Crippen LogP contribution in [0.1, 0.15) is 28.4 Å². The molecule has 0 aliphatic rings. The van der Waals surface area contributed by atoms with E-state index in [1.807, 2.05) is 32.0 Å². The summed E-state index contributed by atoms with van der Waals surface area (Å²) in [6.45, 7) is 3.87. The van der Waals surface area contributed by atoms with Gasteiger partial charge in [-0.3, -0.25) is 0 Å². The minimum Gasteiger partial charge on any atom is -0.384 e. The third-order valence-corrected chi connectivity index (χ3v) is 4.11. The second kappa shape index (κ2) is 6.12. The third kappa shape index (κ3) is 4.02. The zero-order valence-corrected chi connectivity index (χ0v) is 12.4. The maximum absolute atomic E-state index is 12.3. The highest BCUT2D eigenvalue weighted by atomic mass is 32.2. The van der Waals surface area contributed by atoms with Crippen LogP contribution in [0.4, 0.5) is 13.2 Å². The molecule has 2 aromatic rings. The van der Waals surface area contributed by atoms with E-state index < -0.39 is 11.6 Å². The molecule has 0 radical (unpaired) electrons. The van der Waals surface area contributed by atoms with Gasteiger partial charge < -0.3 is 5.11 Å². The Morgan fingerprint density at radius 2 is 1.62 bits per heavy atom. The van der Waals surface area contributed by atoms with Gasteiger partial charge in [-0.1, -0.05) is 30.3 Å². The lowest BCUT2D eigenvalue weighted by Crippen LogP contribution is -2.03. The van der Waals surface area contributed by atoms with E-state index in [1.165, 1.54) is 24.3 Å². The average Bonchev–Trinajstić information content (AvgIpc) is 2.40. The van der Waals surface area contributed by atoms with Crippen LogP contribution in [-0.4, -0.2) is 10.6 Å². The molecule has 2 aromatic carbocycles. The topological polar surface area (TPSA) is 20.2 Å². The predicted molar refractivity (Wildman–Crippen MR) is 78.3 cm³/mol. The molecule has 0 saturated carbocycles. The summed E-state index contributed by atoms with van der Waals surface area (Å²) < 4.78 is 36.8. The van der Waals surface area contributed by atoms with E-state index in [4.69, 9.17) is 0 Å². The lowest BCUT2D eigenvalue weighted by Gasteiger charge is -2.16. The third-order valence-electron chi connectivity index (χ3n) is 3.37. The van der Waals surface area contributed by atoms with Crippen LogP contribution in [0.3, 0.4) is 0 Å². The molecule has 0 spiro atoms. The minimum atomic E-state index is -4.30. The molecule has 1 N–H and O–H groups in total. The highest BCUT2D eigenvalue weighted by Crippen LogP contribution is 2.37. The van der Waals surface area contributed by atoms with E-state index >= 15 is 0 Å². The van der Waals surface area contributed by atoms with Crippen molar-refractivity contribution in [1.82, 2.24) is 0 Å². The molecular weight excluding hydrogens is 297 g/mol. The molecule has 0 aliphatic heterocycles. The van der Waals surface area contributed by atoms with Gasteiger partial charge in [0.25, 0.3) is 0 Å². The van der Waals surface area contributed by atoms with Gasteiger partial charge in [0.2, 0.25) is 0 Å². The first-order chi connectivity index (χ1) is 9.78. The molecule has 2 rings (SSSR count). The van der Waals surface area contributed by atoms with Gasteiger partial charge >= 0.3 is 5.51 Å². The first-order valence-corrected chi connectivity index (χ1v) is 7.19. The Balaban J connectivity index is 2.24. The fourth-order valence-electron chi connectivity index (χ4n) is 2.10. The molecule has 0 bridgehead atoms. The van der Waals surface area contributed by atoms with Crippen molar-refractivity contribution in [2.24, 2.45) is 0 Å². The average molecular weight is 312 g/mol.